The van der Waals surface area contributed by atoms with Crippen molar-refractivity contribution in [2.75, 3.05) is 13.2 Å². The molecule has 2 aromatic rings. The minimum absolute atomic E-state index is 0.321. The average Bonchev–Trinajstić information content (AvgIpc) is 2.59. The molecule has 0 spiro atoms. The van der Waals surface area contributed by atoms with Crippen LogP contribution in [-0.4, -0.2) is 35.7 Å². The summed E-state index contributed by atoms with van der Waals surface area (Å²) in [5.74, 6) is -1.40. The zero-order valence-electron chi connectivity index (χ0n) is 13.1. The smallest absolute Gasteiger partial charge is 0.410 e. The number of hydrogen-bond acceptors (Lipinski definition) is 4. The van der Waals surface area contributed by atoms with E-state index in [4.69, 9.17) is 4.74 Å². The van der Waals surface area contributed by atoms with Crippen LogP contribution in [0.3, 0.4) is 0 Å². The first-order valence-electron chi connectivity index (χ1n) is 7.63. The highest BCUT2D eigenvalue weighted by Crippen LogP contribution is 2.28. The second kappa shape index (κ2) is 7.42. The van der Waals surface area contributed by atoms with Gasteiger partial charge in [0.05, 0.1) is 13.2 Å². The molecule has 1 aromatic heterocycles. The summed E-state index contributed by atoms with van der Waals surface area (Å²) in [6.45, 7) is -1.79. The van der Waals surface area contributed by atoms with Gasteiger partial charge in [-0.15, -0.1) is 0 Å². The normalized spacial score (nSPS) is 14.6. The number of aromatic nitrogens is 1. The summed E-state index contributed by atoms with van der Waals surface area (Å²) in [5.41, 5.74) is 1.83. The zero-order chi connectivity index (χ0) is 17.8. The van der Waals surface area contributed by atoms with E-state index in [-0.39, 0.29) is 6.09 Å². The van der Waals surface area contributed by atoms with Gasteiger partial charge in [0.2, 0.25) is 0 Å². The van der Waals surface area contributed by atoms with Crippen LogP contribution in [0.1, 0.15) is 12.0 Å². The summed E-state index contributed by atoms with van der Waals surface area (Å²) in [7, 11) is 0. The van der Waals surface area contributed by atoms with Gasteiger partial charge in [-0.25, -0.2) is 9.18 Å². The fourth-order valence-corrected chi connectivity index (χ4v) is 2.56. The Labute approximate surface area is 142 Å². The molecule has 5 nitrogen and oxygen atoms in total. The monoisotopic (exact) mass is 352 g/mol. The number of carbonyl (C=O) groups excluding carboxylic acids is 1. The predicted molar refractivity (Wildman–Crippen MR) is 82.6 cm³/mol. The second-order valence-electron chi connectivity index (χ2n) is 5.50. The van der Waals surface area contributed by atoms with E-state index in [2.05, 4.69) is 9.72 Å². The summed E-state index contributed by atoms with van der Waals surface area (Å²) in [6, 6.07) is 5.46. The van der Waals surface area contributed by atoms with Crippen LogP contribution >= 0.6 is 0 Å². The Morgan fingerprint density at radius 3 is 2.84 bits per heavy atom. The topological polar surface area (TPSA) is 51.7 Å². The van der Waals surface area contributed by atoms with Crippen LogP contribution < -0.4 is 4.74 Å². The highest BCUT2D eigenvalue weighted by atomic mass is 19.3. The molecule has 132 valence electrons. The Hall–Kier alpha value is -2.77. The van der Waals surface area contributed by atoms with Gasteiger partial charge in [-0.05, 0) is 35.7 Å². The third-order valence-electron chi connectivity index (χ3n) is 3.71. The van der Waals surface area contributed by atoms with Gasteiger partial charge >= 0.3 is 12.7 Å². The Kier molecular flexibility index (Phi) is 5.06. The van der Waals surface area contributed by atoms with Gasteiger partial charge in [0.15, 0.2) is 11.6 Å². The first kappa shape index (κ1) is 17.1. The van der Waals surface area contributed by atoms with Crippen LogP contribution in [0.15, 0.2) is 36.7 Å². The summed E-state index contributed by atoms with van der Waals surface area (Å²) < 4.78 is 47.4. The summed E-state index contributed by atoms with van der Waals surface area (Å²) >= 11 is 0. The molecule has 3 rings (SSSR count). The summed E-state index contributed by atoms with van der Waals surface area (Å²) in [5, 5.41) is 0. The van der Waals surface area contributed by atoms with Crippen molar-refractivity contribution in [1.82, 2.24) is 9.88 Å². The van der Waals surface area contributed by atoms with Crippen molar-refractivity contribution in [2.45, 2.75) is 19.6 Å². The quantitative estimate of drug-likeness (QED) is 0.821. The number of halogens is 3. The SMILES string of the molecule is O=C1OCCCN1Cc1cncc(-c2ccc(F)c(OC(F)F)c2)c1. The largest absolute Gasteiger partial charge is 0.449 e. The maximum Gasteiger partial charge on any atom is 0.410 e. The van der Waals surface area contributed by atoms with Crippen molar-refractivity contribution in [3.8, 4) is 16.9 Å². The molecule has 1 fully saturated rings. The van der Waals surface area contributed by atoms with Crippen LogP contribution in [0, 0.1) is 5.82 Å². The van der Waals surface area contributed by atoms with Crippen molar-refractivity contribution in [3.63, 3.8) is 0 Å². The Balaban J connectivity index is 1.82. The molecule has 0 atom stereocenters. The first-order chi connectivity index (χ1) is 12.0. The number of rotatable bonds is 5. The average molecular weight is 352 g/mol. The Morgan fingerprint density at radius 1 is 1.24 bits per heavy atom. The molecular weight excluding hydrogens is 337 g/mol. The molecule has 1 aromatic carbocycles. The van der Waals surface area contributed by atoms with Crippen molar-refractivity contribution in [2.24, 2.45) is 0 Å². The molecule has 25 heavy (non-hydrogen) atoms. The number of pyridine rings is 1. The predicted octanol–water partition coefficient (Wildman–Crippen LogP) is 3.83. The molecule has 1 amide bonds. The van der Waals surface area contributed by atoms with Crippen LogP contribution in [-0.2, 0) is 11.3 Å². The van der Waals surface area contributed by atoms with Crippen LogP contribution in [0.2, 0.25) is 0 Å². The highest BCUT2D eigenvalue weighted by Gasteiger charge is 2.20. The molecule has 1 aliphatic rings. The van der Waals surface area contributed by atoms with Gasteiger partial charge in [-0.1, -0.05) is 6.07 Å². The highest BCUT2D eigenvalue weighted by molar-refractivity contribution is 5.69. The number of carbonyl (C=O) groups is 1. The van der Waals surface area contributed by atoms with Crippen molar-refractivity contribution < 1.29 is 27.4 Å². The third kappa shape index (κ3) is 4.20. The molecule has 0 unspecified atom stereocenters. The van der Waals surface area contributed by atoms with E-state index < -0.39 is 18.2 Å². The van der Waals surface area contributed by atoms with Gasteiger partial charge in [0.25, 0.3) is 0 Å². The fourth-order valence-electron chi connectivity index (χ4n) is 2.56. The molecule has 2 heterocycles. The number of hydrogen-bond donors (Lipinski definition) is 0. The molecule has 0 N–H and O–H groups in total. The molecule has 1 aliphatic heterocycles. The molecular formula is C17H15F3N2O3. The lowest BCUT2D eigenvalue weighted by molar-refractivity contribution is -0.0521. The van der Waals surface area contributed by atoms with Crippen LogP contribution in [0.4, 0.5) is 18.0 Å². The Bertz CT molecular complexity index is 771. The number of ether oxygens (including phenoxy) is 2. The number of alkyl halides is 2. The number of cyclic esters (lactones) is 1. The lowest BCUT2D eigenvalue weighted by Crippen LogP contribution is -2.37. The minimum atomic E-state index is -3.11. The lowest BCUT2D eigenvalue weighted by Gasteiger charge is -2.26. The maximum atomic E-state index is 13.5. The molecule has 0 aliphatic carbocycles. The number of nitrogens with zero attached hydrogens (tertiary/aromatic N) is 2. The molecule has 0 radical (unpaired) electrons. The second-order valence-corrected chi connectivity index (χ2v) is 5.50. The van der Waals surface area contributed by atoms with E-state index in [0.29, 0.717) is 30.8 Å². The van der Waals surface area contributed by atoms with Gasteiger partial charge in [0.1, 0.15) is 0 Å². The van der Waals surface area contributed by atoms with E-state index in [0.717, 1.165) is 18.1 Å². The molecule has 0 bridgehead atoms. The van der Waals surface area contributed by atoms with Gasteiger partial charge in [-0.3, -0.25) is 4.98 Å². The van der Waals surface area contributed by atoms with E-state index in [9.17, 15) is 18.0 Å². The van der Waals surface area contributed by atoms with Gasteiger partial charge in [0, 0.05) is 24.5 Å². The molecule has 1 saturated heterocycles. The van der Waals surface area contributed by atoms with E-state index in [1.807, 2.05) is 0 Å². The van der Waals surface area contributed by atoms with E-state index >= 15 is 0 Å². The molecule has 0 saturated carbocycles. The van der Waals surface area contributed by atoms with Crippen molar-refractivity contribution in [3.05, 3.63) is 48.0 Å². The van der Waals surface area contributed by atoms with E-state index in [1.165, 1.54) is 18.3 Å². The van der Waals surface area contributed by atoms with E-state index in [1.54, 1.807) is 17.2 Å². The van der Waals surface area contributed by atoms with Gasteiger partial charge in [-0.2, -0.15) is 8.78 Å². The van der Waals surface area contributed by atoms with Gasteiger partial charge < -0.3 is 14.4 Å². The van der Waals surface area contributed by atoms with Crippen LogP contribution in [0.25, 0.3) is 11.1 Å². The lowest BCUT2D eigenvalue weighted by atomic mass is 10.1. The maximum absolute atomic E-state index is 13.5. The standard InChI is InChI=1S/C17H15F3N2O3/c18-14-3-2-12(7-15(14)25-16(19)20)13-6-11(8-21-9-13)10-22-4-1-5-24-17(22)23/h2-3,6-9,16H,1,4-5,10H2. The number of benzene rings is 1. The van der Waals surface area contributed by atoms with Crippen molar-refractivity contribution in [1.29, 1.82) is 0 Å². The summed E-state index contributed by atoms with van der Waals surface area (Å²) in [6.07, 6.45) is 3.50. The summed E-state index contributed by atoms with van der Waals surface area (Å²) in [4.78, 5) is 17.4. The van der Waals surface area contributed by atoms with Crippen LogP contribution in [0.5, 0.6) is 5.75 Å². The zero-order valence-corrected chi connectivity index (χ0v) is 13.1. The third-order valence-corrected chi connectivity index (χ3v) is 3.71. The minimum Gasteiger partial charge on any atom is -0.449 e. The molecule has 8 heteroatoms. The first-order valence-corrected chi connectivity index (χ1v) is 7.63. The number of amides is 1. The van der Waals surface area contributed by atoms with Crippen molar-refractivity contribution >= 4 is 6.09 Å². The fraction of sp³-hybridized carbons (Fsp3) is 0.294. The Morgan fingerprint density at radius 2 is 2.08 bits per heavy atom.